The van der Waals surface area contributed by atoms with Gasteiger partial charge in [0.15, 0.2) is 0 Å². The van der Waals surface area contributed by atoms with E-state index in [1.807, 2.05) is 0 Å². The van der Waals surface area contributed by atoms with Crippen LogP contribution in [-0.4, -0.2) is 62.0 Å². The first kappa shape index (κ1) is 17.9. The molecule has 3 aliphatic heterocycles. The number of hydrogen-bond donors (Lipinski definition) is 0. The van der Waals surface area contributed by atoms with E-state index in [-0.39, 0.29) is 34.1 Å². The first-order valence-corrected chi connectivity index (χ1v) is 11.6. The van der Waals surface area contributed by atoms with Crippen molar-refractivity contribution in [1.29, 1.82) is 0 Å². The van der Waals surface area contributed by atoms with Gasteiger partial charge in [0.05, 0.1) is 0 Å². The van der Waals surface area contributed by atoms with Gasteiger partial charge in [-0.05, 0) is 0 Å². The summed E-state index contributed by atoms with van der Waals surface area (Å²) in [5.41, 5.74) is 0. The summed E-state index contributed by atoms with van der Waals surface area (Å²) in [6, 6.07) is 11.1. The molecule has 0 spiro atoms. The summed E-state index contributed by atoms with van der Waals surface area (Å²) in [5.74, 6) is 0.450. The number of likely N-dealkylation sites (N-methyl/N-ethyl adjacent to an activating group) is 1. The number of piperidine rings is 1. The molecule has 0 aromatic heterocycles. The zero-order chi connectivity index (χ0) is 18.9. The fourth-order valence-electron chi connectivity index (χ4n) is 5.74. The molecule has 27 heavy (non-hydrogen) atoms. The summed E-state index contributed by atoms with van der Waals surface area (Å²) < 4.78 is 1.56. The van der Waals surface area contributed by atoms with Gasteiger partial charge in [0.2, 0.25) is 0 Å². The van der Waals surface area contributed by atoms with E-state index in [0.29, 0.717) is 26.8 Å². The molecular weight excluding hydrogens is 407 g/mol. The predicted molar refractivity (Wildman–Crippen MR) is 102 cm³/mol. The van der Waals surface area contributed by atoms with Crippen LogP contribution in [0.3, 0.4) is 0 Å². The number of imide groups is 1. The molecule has 0 radical (unpaired) electrons. The Balaban J connectivity index is 1.49. The zero-order valence-corrected chi connectivity index (χ0v) is 17.7. The molecule has 1 unspecified atom stereocenters. The minimum absolute atomic E-state index is 0.0337. The number of nitrogens with zero attached hydrogens (tertiary/aromatic N) is 2. The third-order valence-corrected chi connectivity index (χ3v) is 10.4. The number of carbonyl (C=O) groups excluding carboxylic acids is 2. The van der Waals surface area contributed by atoms with E-state index in [1.54, 1.807) is 7.05 Å². The summed E-state index contributed by atoms with van der Waals surface area (Å²) >= 11 is 0.320. The van der Waals surface area contributed by atoms with Crippen LogP contribution in [0, 0.1) is 17.8 Å². The topological polar surface area (TPSA) is 49.9 Å². The van der Waals surface area contributed by atoms with E-state index < -0.39 is 6.10 Å². The van der Waals surface area contributed by atoms with Crippen molar-refractivity contribution in [3.63, 3.8) is 0 Å². The van der Waals surface area contributed by atoms with E-state index >= 15 is 0 Å². The van der Waals surface area contributed by atoms with Gasteiger partial charge < -0.3 is 0 Å². The van der Waals surface area contributed by atoms with Gasteiger partial charge in [-0.1, -0.05) is 0 Å². The Kier molecular flexibility index (Phi) is 4.07. The standard InChI is InChI=1S/C21H26N2O3Se/c1-12-13-9-10-21(2,27-14-7-5-4-6-8-14)15(11-13)23-17(12)16-18(26-23)20(25)22(3)19(16)24/h4-8,12-13,15-18H,9-11H2,1-3H3/t12?,13-,15-,16+,17+,18-,21+/m0/s1. The van der Waals surface area contributed by atoms with Gasteiger partial charge in [0, 0.05) is 0 Å². The second kappa shape index (κ2) is 6.15. The molecule has 5 rings (SSSR count). The van der Waals surface area contributed by atoms with Crippen LogP contribution in [0.15, 0.2) is 30.3 Å². The first-order valence-electron chi connectivity index (χ1n) is 9.91. The van der Waals surface area contributed by atoms with Crippen molar-refractivity contribution in [3.8, 4) is 0 Å². The third-order valence-electron chi connectivity index (χ3n) is 7.34. The van der Waals surface area contributed by atoms with Crippen molar-refractivity contribution in [2.24, 2.45) is 17.8 Å². The quantitative estimate of drug-likeness (QED) is 0.526. The monoisotopic (exact) mass is 434 g/mol. The van der Waals surface area contributed by atoms with E-state index in [9.17, 15) is 9.59 Å². The van der Waals surface area contributed by atoms with Crippen LogP contribution in [0.5, 0.6) is 0 Å². The van der Waals surface area contributed by atoms with Crippen LogP contribution in [0.2, 0.25) is 4.31 Å². The maximum atomic E-state index is 12.8. The minimum atomic E-state index is -0.609. The summed E-state index contributed by atoms with van der Waals surface area (Å²) in [6.45, 7) is 4.65. The zero-order valence-electron chi connectivity index (χ0n) is 16.0. The Morgan fingerprint density at radius 3 is 2.67 bits per heavy atom. The van der Waals surface area contributed by atoms with Crippen LogP contribution >= 0.6 is 0 Å². The fraction of sp³-hybridized carbons (Fsp3) is 0.619. The number of hydrogen-bond acceptors (Lipinski definition) is 4. The average molecular weight is 433 g/mol. The molecule has 1 aliphatic carbocycles. The molecule has 5 nitrogen and oxygen atoms in total. The van der Waals surface area contributed by atoms with Gasteiger partial charge in [-0.2, -0.15) is 0 Å². The molecule has 3 heterocycles. The molecule has 1 aromatic rings. The van der Waals surface area contributed by atoms with Crippen molar-refractivity contribution in [2.45, 2.75) is 55.6 Å². The number of hydroxylamine groups is 2. The number of amides is 2. The van der Waals surface area contributed by atoms with Crippen molar-refractivity contribution in [2.75, 3.05) is 7.05 Å². The third kappa shape index (κ3) is 2.50. The second-order valence-electron chi connectivity index (χ2n) is 8.77. The molecule has 1 saturated carbocycles. The van der Waals surface area contributed by atoms with E-state index in [4.69, 9.17) is 4.84 Å². The molecule has 7 atom stereocenters. The number of fused-ring (bicyclic) bond motifs is 6. The Hall–Kier alpha value is -1.20. The normalized spacial score (nSPS) is 43.7. The number of carbonyl (C=O) groups is 2. The molecule has 2 amide bonds. The van der Waals surface area contributed by atoms with Gasteiger partial charge in [-0.3, -0.25) is 0 Å². The second-order valence-corrected chi connectivity index (χ2v) is 12.1. The van der Waals surface area contributed by atoms with Crippen LogP contribution in [0.25, 0.3) is 0 Å². The van der Waals surface area contributed by atoms with Crippen LogP contribution < -0.4 is 4.46 Å². The first-order chi connectivity index (χ1) is 12.9. The van der Waals surface area contributed by atoms with Crippen LogP contribution in [-0.2, 0) is 14.4 Å². The van der Waals surface area contributed by atoms with Crippen molar-refractivity contribution < 1.29 is 14.4 Å². The van der Waals surface area contributed by atoms with Crippen molar-refractivity contribution >= 4 is 31.2 Å². The summed E-state index contributed by atoms with van der Waals surface area (Å²) in [4.78, 5) is 32.9. The molecule has 6 heteroatoms. The van der Waals surface area contributed by atoms with Gasteiger partial charge >= 0.3 is 166 Å². The van der Waals surface area contributed by atoms with E-state index in [2.05, 4.69) is 49.2 Å². The Morgan fingerprint density at radius 2 is 1.93 bits per heavy atom. The Bertz CT molecular complexity index is 787. The number of benzene rings is 1. The molecule has 4 fully saturated rings. The van der Waals surface area contributed by atoms with Gasteiger partial charge in [0.1, 0.15) is 0 Å². The van der Waals surface area contributed by atoms with Crippen LogP contribution in [0.1, 0.15) is 33.1 Å². The van der Waals surface area contributed by atoms with Crippen molar-refractivity contribution in [3.05, 3.63) is 30.3 Å². The summed E-state index contributed by atoms with van der Waals surface area (Å²) in [7, 11) is 1.59. The van der Waals surface area contributed by atoms with Gasteiger partial charge in [0.25, 0.3) is 0 Å². The fourth-order valence-corrected chi connectivity index (χ4v) is 8.65. The molecule has 1 aromatic carbocycles. The summed E-state index contributed by atoms with van der Waals surface area (Å²) in [6.07, 6.45) is 2.90. The average Bonchev–Trinajstić information content (AvgIpc) is 3.15. The number of rotatable bonds is 2. The SMILES string of the molecule is CC1[C@H]2CC[C@@](C)([Se]c3ccccc3)[C@H](C2)N2O[C@@H]3C(=O)N(C)C(=O)[C@@H]3[C@@H]12. The molecule has 0 N–H and O–H groups in total. The van der Waals surface area contributed by atoms with Crippen LogP contribution in [0.4, 0.5) is 0 Å². The molecular formula is C21H26N2O3Se. The van der Waals surface area contributed by atoms with Gasteiger partial charge in [-0.25, -0.2) is 0 Å². The van der Waals surface area contributed by atoms with E-state index in [0.717, 1.165) is 6.42 Å². The molecule has 144 valence electrons. The predicted octanol–water partition coefficient (Wildman–Crippen LogP) is 1.61. The van der Waals surface area contributed by atoms with Gasteiger partial charge in [-0.15, -0.1) is 0 Å². The number of likely N-dealkylation sites (tertiary alicyclic amines) is 1. The molecule has 4 aliphatic rings. The summed E-state index contributed by atoms with van der Waals surface area (Å²) in [5, 5.41) is 2.11. The molecule has 3 saturated heterocycles. The van der Waals surface area contributed by atoms with Crippen molar-refractivity contribution in [1.82, 2.24) is 9.96 Å². The molecule has 2 bridgehead atoms. The van der Waals surface area contributed by atoms with E-state index in [1.165, 1.54) is 22.2 Å². The Morgan fingerprint density at radius 1 is 1.19 bits per heavy atom. The Labute approximate surface area is 166 Å². The maximum absolute atomic E-state index is 12.8.